The van der Waals surface area contributed by atoms with Gasteiger partial charge in [-0.15, -0.1) is 0 Å². The van der Waals surface area contributed by atoms with E-state index in [9.17, 15) is 19.7 Å². The van der Waals surface area contributed by atoms with Crippen LogP contribution in [0.5, 0.6) is 0 Å². The highest BCUT2D eigenvalue weighted by atomic mass is 35.5. The number of non-ortho nitro benzene ring substituents is 1. The lowest BCUT2D eigenvalue weighted by molar-refractivity contribution is -0.384. The van der Waals surface area contributed by atoms with Crippen molar-refractivity contribution in [3.05, 3.63) is 117 Å². The lowest BCUT2D eigenvalue weighted by Gasteiger charge is -2.29. The molecule has 3 aromatic carbocycles. The van der Waals surface area contributed by atoms with Crippen molar-refractivity contribution < 1.29 is 14.5 Å². The average molecular weight is 589 g/mol. The number of rotatable bonds is 6. The van der Waals surface area contributed by atoms with Crippen LogP contribution in [0.1, 0.15) is 17.0 Å². The minimum atomic E-state index is -0.564. The van der Waals surface area contributed by atoms with Crippen molar-refractivity contribution in [2.75, 3.05) is 4.90 Å². The molecule has 200 valence electrons. The molecule has 0 saturated carbocycles. The number of benzene rings is 3. The van der Waals surface area contributed by atoms with E-state index < -0.39 is 16.7 Å². The van der Waals surface area contributed by atoms with Crippen LogP contribution in [0.2, 0.25) is 5.02 Å². The summed E-state index contributed by atoms with van der Waals surface area (Å²) in [6.45, 7) is 3.87. The summed E-state index contributed by atoms with van der Waals surface area (Å²) in [6, 6.07) is 22.9. The van der Waals surface area contributed by atoms with E-state index in [1.807, 2.05) is 48.7 Å². The monoisotopic (exact) mass is 588 g/mol. The van der Waals surface area contributed by atoms with Gasteiger partial charge in [-0.05, 0) is 98.4 Å². The molecule has 0 atom stereocenters. The summed E-state index contributed by atoms with van der Waals surface area (Å²) in [4.78, 5) is 39.8. The second-order valence-corrected chi connectivity index (χ2v) is 10.9. The molecule has 1 aliphatic heterocycles. The molecule has 11 heteroatoms. The summed E-state index contributed by atoms with van der Waals surface area (Å²) >= 11 is 12.9. The summed E-state index contributed by atoms with van der Waals surface area (Å²) in [6.07, 6.45) is 1.58. The lowest BCUT2D eigenvalue weighted by atomic mass is 10.1. The largest absolute Gasteiger partial charge is 0.318 e. The normalized spacial score (nSPS) is 14.5. The number of thiocarbonyl (C=S) groups is 1. The molecule has 1 saturated heterocycles. The van der Waals surface area contributed by atoms with Crippen LogP contribution in [0.25, 0.3) is 11.8 Å². The molecule has 1 N–H and O–H groups in total. The lowest BCUT2D eigenvalue weighted by Crippen LogP contribution is -2.54. The van der Waals surface area contributed by atoms with Gasteiger partial charge in [0.25, 0.3) is 17.5 Å². The topological polar surface area (TPSA) is 97.5 Å². The van der Waals surface area contributed by atoms with Gasteiger partial charge in [-0.3, -0.25) is 29.9 Å². The Kier molecular flexibility index (Phi) is 7.57. The van der Waals surface area contributed by atoms with Crippen molar-refractivity contribution in [2.45, 2.75) is 23.6 Å². The molecule has 0 bridgehead atoms. The number of hydrogen-bond acceptors (Lipinski definition) is 6. The molecule has 40 heavy (non-hydrogen) atoms. The molecule has 0 unspecified atom stereocenters. The number of nitro benzene ring substituents is 1. The molecule has 0 aliphatic carbocycles. The number of aromatic nitrogens is 1. The van der Waals surface area contributed by atoms with Crippen molar-refractivity contribution >= 4 is 70.0 Å². The highest BCUT2D eigenvalue weighted by molar-refractivity contribution is 7.99. The van der Waals surface area contributed by atoms with Gasteiger partial charge in [0.1, 0.15) is 5.57 Å². The second-order valence-electron chi connectivity index (χ2n) is 8.95. The summed E-state index contributed by atoms with van der Waals surface area (Å²) in [5.41, 5.74) is 3.88. The minimum absolute atomic E-state index is 0.00780. The van der Waals surface area contributed by atoms with E-state index in [1.165, 1.54) is 28.8 Å². The zero-order chi connectivity index (χ0) is 28.6. The van der Waals surface area contributed by atoms with Crippen molar-refractivity contribution in [3.8, 4) is 5.69 Å². The Morgan fingerprint density at radius 3 is 2.23 bits per heavy atom. The van der Waals surface area contributed by atoms with Crippen LogP contribution in [0.4, 0.5) is 11.4 Å². The Balaban J connectivity index is 1.41. The van der Waals surface area contributed by atoms with E-state index in [-0.39, 0.29) is 16.4 Å². The van der Waals surface area contributed by atoms with Crippen LogP contribution >= 0.6 is 35.6 Å². The molecule has 2 heterocycles. The third kappa shape index (κ3) is 5.42. The summed E-state index contributed by atoms with van der Waals surface area (Å²) < 4.78 is 2.04. The fraction of sp³-hybridized carbons (Fsp3) is 0.0690. The van der Waals surface area contributed by atoms with E-state index in [1.54, 1.807) is 42.5 Å². The highest BCUT2D eigenvalue weighted by Gasteiger charge is 2.34. The molecular formula is C29H21ClN4O4S2. The van der Waals surface area contributed by atoms with Gasteiger partial charge < -0.3 is 4.57 Å². The molecule has 0 radical (unpaired) electrons. The van der Waals surface area contributed by atoms with E-state index >= 15 is 0 Å². The van der Waals surface area contributed by atoms with Gasteiger partial charge >= 0.3 is 0 Å². The number of carbonyl (C=O) groups excluding carboxylic acids is 2. The third-order valence-corrected chi connectivity index (χ3v) is 7.85. The highest BCUT2D eigenvalue weighted by Crippen LogP contribution is 2.31. The number of anilines is 1. The number of hydrogen-bond donors (Lipinski definition) is 1. The van der Waals surface area contributed by atoms with Crippen LogP contribution < -0.4 is 10.2 Å². The first-order valence-electron chi connectivity index (χ1n) is 12.0. The Morgan fingerprint density at radius 2 is 1.60 bits per heavy atom. The van der Waals surface area contributed by atoms with Crippen molar-refractivity contribution in [1.82, 2.24) is 9.88 Å². The fourth-order valence-electron chi connectivity index (χ4n) is 4.43. The standard InChI is InChI=1S/C29H21ClN4O4S2/c1-17-14-19(15-26-27(35)31-29(39)33(28(26)36)23-5-3-4-20(30)16-23)18(2)32(17)21-6-10-24(11-7-21)40-25-12-8-22(9-13-25)34(37)38/h3-16H,1-2H3,(H,31,35,39). The number of aryl methyl sites for hydroxylation is 1. The first-order chi connectivity index (χ1) is 19.1. The van der Waals surface area contributed by atoms with Crippen LogP contribution in [0.15, 0.2) is 94.2 Å². The maximum atomic E-state index is 13.4. The fourth-order valence-corrected chi connectivity index (χ4v) is 5.71. The van der Waals surface area contributed by atoms with Gasteiger partial charge in [0.15, 0.2) is 5.11 Å². The van der Waals surface area contributed by atoms with E-state index in [4.69, 9.17) is 23.8 Å². The van der Waals surface area contributed by atoms with Crippen molar-refractivity contribution in [1.29, 1.82) is 0 Å². The van der Waals surface area contributed by atoms with Crippen LogP contribution in [-0.4, -0.2) is 26.4 Å². The van der Waals surface area contributed by atoms with E-state index in [2.05, 4.69) is 5.32 Å². The minimum Gasteiger partial charge on any atom is -0.318 e. The molecule has 1 aliphatic rings. The van der Waals surface area contributed by atoms with Gasteiger partial charge in [-0.1, -0.05) is 29.4 Å². The molecule has 4 aromatic rings. The first kappa shape index (κ1) is 27.3. The molecular weight excluding hydrogens is 568 g/mol. The van der Waals surface area contributed by atoms with Crippen LogP contribution in [-0.2, 0) is 9.59 Å². The second kappa shape index (κ2) is 11.1. The number of nitrogens with one attached hydrogen (secondary N) is 1. The Labute approximate surface area is 244 Å². The van der Waals surface area contributed by atoms with E-state index in [0.29, 0.717) is 10.7 Å². The Bertz CT molecular complexity index is 1710. The Morgan fingerprint density at radius 1 is 0.950 bits per heavy atom. The summed E-state index contributed by atoms with van der Waals surface area (Å²) in [5, 5.41) is 13.9. The number of carbonyl (C=O) groups is 2. The SMILES string of the molecule is Cc1cc(C=C2C(=O)NC(=S)N(c3cccc(Cl)c3)C2=O)c(C)n1-c1ccc(Sc2ccc([N+](=O)[O-])cc2)cc1. The summed E-state index contributed by atoms with van der Waals surface area (Å²) in [5.74, 6) is -1.10. The number of nitrogens with zero attached hydrogens (tertiary/aromatic N) is 3. The van der Waals surface area contributed by atoms with Crippen LogP contribution in [0, 0.1) is 24.0 Å². The molecule has 0 spiro atoms. The average Bonchev–Trinajstić information content (AvgIpc) is 3.19. The van der Waals surface area contributed by atoms with Gasteiger partial charge in [0, 0.05) is 44.0 Å². The third-order valence-electron chi connectivity index (χ3n) is 6.32. The smallest absolute Gasteiger partial charge is 0.270 e. The zero-order valence-electron chi connectivity index (χ0n) is 21.3. The van der Waals surface area contributed by atoms with Gasteiger partial charge in [0.05, 0.1) is 10.6 Å². The van der Waals surface area contributed by atoms with Gasteiger partial charge in [-0.25, -0.2) is 0 Å². The Hall–Kier alpha value is -4.25. The predicted molar refractivity (Wildman–Crippen MR) is 160 cm³/mol. The zero-order valence-corrected chi connectivity index (χ0v) is 23.6. The van der Waals surface area contributed by atoms with Crippen molar-refractivity contribution in [2.24, 2.45) is 0 Å². The van der Waals surface area contributed by atoms with Crippen LogP contribution in [0.3, 0.4) is 0 Å². The molecule has 2 amide bonds. The van der Waals surface area contributed by atoms with Gasteiger partial charge in [-0.2, -0.15) is 0 Å². The molecule has 1 fully saturated rings. The number of amides is 2. The quantitative estimate of drug-likeness (QED) is 0.0891. The number of halogens is 1. The molecule has 1 aromatic heterocycles. The maximum absolute atomic E-state index is 13.4. The number of nitro groups is 1. The predicted octanol–water partition coefficient (Wildman–Crippen LogP) is 6.64. The maximum Gasteiger partial charge on any atom is 0.270 e. The molecule has 5 rings (SSSR count). The summed E-state index contributed by atoms with van der Waals surface area (Å²) in [7, 11) is 0. The molecule has 8 nitrogen and oxygen atoms in total. The first-order valence-corrected chi connectivity index (χ1v) is 13.6. The van der Waals surface area contributed by atoms with Crippen molar-refractivity contribution in [3.63, 3.8) is 0 Å². The van der Waals surface area contributed by atoms with E-state index in [0.717, 1.165) is 32.4 Å². The van der Waals surface area contributed by atoms with Gasteiger partial charge in [0.2, 0.25) is 0 Å².